The van der Waals surface area contributed by atoms with Gasteiger partial charge in [0.2, 0.25) is 0 Å². The second kappa shape index (κ2) is 10.7. The van der Waals surface area contributed by atoms with Gasteiger partial charge in [-0.2, -0.15) is 5.10 Å². The molecule has 2 aromatic carbocycles. The van der Waals surface area contributed by atoms with Gasteiger partial charge < -0.3 is 9.30 Å². The second-order valence-corrected chi connectivity index (χ2v) is 9.72. The Labute approximate surface area is 205 Å². The fraction of sp³-hybridized carbons (Fsp3) is 0.200. The Kier molecular flexibility index (Phi) is 7.44. The fourth-order valence-corrected chi connectivity index (χ4v) is 5.41. The first-order chi connectivity index (χ1) is 16.5. The molecule has 0 saturated carbocycles. The average molecular weight is 493 g/mol. The summed E-state index contributed by atoms with van der Waals surface area (Å²) < 4.78 is 9.10. The van der Waals surface area contributed by atoms with E-state index in [1.165, 1.54) is 11.8 Å². The number of hydrogen-bond donors (Lipinski definition) is 1. The summed E-state index contributed by atoms with van der Waals surface area (Å²) in [6, 6.07) is 17.2. The first kappa shape index (κ1) is 23.7. The van der Waals surface area contributed by atoms with Gasteiger partial charge >= 0.3 is 5.97 Å². The van der Waals surface area contributed by atoms with Gasteiger partial charge in [0, 0.05) is 22.6 Å². The Morgan fingerprint density at radius 1 is 1.18 bits per heavy atom. The number of hydrazone groups is 1. The SMILES string of the molecule is CCOC(=O)c1cccc(-n2c(C)cc(/C=N/NC(=O)CSc3nc4ccccc4s3)c2C)c1. The van der Waals surface area contributed by atoms with Gasteiger partial charge in [0.25, 0.3) is 5.91 Å². The second-order valence-electron chi connectivity index (χ2n) is 7.46. The number of thioether (sulfide) groups is 1. The van der Waals surface area contributed by atoms with Crippen molar-refractivity contribution in [3.8, 4) is 5.69 Å². The minimum absolute atomic E-state index is 0.198. The number of ether oxygens (including phenoxy) is 1. The zero-order valence-electron chi connectivity index (χ0n) is 19.1. The lowest BCUT2D eigenvalue weighted by Crippen LogP contribution is -2.19. The molecule has 7 nitrogen and oxygen atoms in total. The highest BCUT2D eigenvalue weighted by Crippen LogP contribution is 2.29. The van der Waals surface area contributed by atoms with Crippen LogP contribution in [0.3, 0.4) is 0 Å². The van der Waals surface area contributed by atoms with Gasteiger partial charge in [-0.1, -0.05) is 30.0 Å². The van der Waals surface area contributed by atoms with Gasteiger partial charge in [0.15, 0.2) is 4.34 Å². The van der Waals surface area contributed by atoms with E-state index in [0.717, 1.165) is 37.2 Å². The Hall–Kier alpha value is -3.43. The quantitative estimate of drug-likeness (QED) is 0.160. The van der Waals surface area contributed by atoms with E-state index in [2.05, 4.69) is 15.5 Å². The lowest BCUT2D eigenvalue weighted by molar-refractivity contribution is -0.118. The number of amides is 1. The van der Waals surface area contributed by atoms with Gasteiger partial charge in [-0.3, -0.25) is 4.79 Å². The van der Waals surface area contributed by atoms with E-state index in [1.807, 2.05) is 60.9 Å². The number of nitrogens with one attached hydrogen (secondary N) is 1. The highest BCUT2D eigenvalue weighted by atomic mass is 32.2. The molecule has 174 valence electrons. The maximum absolute atomic E-state index is 12.2. The Bertz CT molecular complexity index is 1340. The molecule has 0 aliphatic heterocycles. The van der Waals surface area contributed by atoms with E-state index in [0.29, 0.717) is 12.2 Å². The third kappa shape index (κ3) is 5.37. The predicted molar refractivity (Wildman–Crippen MR) is 137 cm³/mol. The van der Waals surface area contributed by atoms with Crippen molar-refractivity contribution in [1.29, 1.82) is 0 Å². The molecule has 0 spiro atoms. The summed E-state index contributed by atoms with van der Waals surface area (Å²) in [4.78, 5) is 28.9. The molecular formula is C25H24N4O3S2. The molecule has 1 N–H and O–H groups in total. The first-order valence-electron chi connectivity index (χ1n) is 10.7. The van der Waals surface area contributed by atoms with Crippen LogP contribution in [0.25, 0.3) is 15.9 Å². The van der Waals surface area contributed by atoms with Crippen LogP contribution in [0.2, 0.25) is 0 Å². The largest absolute Gasteiger partial charge is 0.462 e. The van der Waals surface area contributed by atoms with E-state index >= 15 is 0 Å². The number of carbonyl (C=O) groups excluding carboxylic acids is 2. The van der Waals surface area contributed by atoms with E-state index in [4.69, 9.17) is 4.74 Å². The van der Waals surface area contributed by atoms with E-state index in [-0.39, 0.29) is 17.6 Å². The van der Waals surface area contributed by atoms with Crippen molar-refractivity contribution in [2.45, 2.75) is 25.1 Å². The molecule has 4 aromatic rings. The van der Waals surface area contributed by atoms with Gasteiger partial charge in [-0.15, -0.1) is 11.3 Å². The van der Waals surface area contributed by atoms with Crippen LogP contribution < -0.4 is 5.43 Å². The van der Waals surface area contributed by atoms with Crippen molar-refractivity contribution in [2.75, 3.05) is 12.4 Å². The van der Waals surface area contributed by atoms with Crippen molar-refractivity contribution < 1.29 is 14.3 Å². The molecule has 2 aromatic heterocycles. The first-order valence-corrected chi connectivity index (χ1v) is 12.5. The van der Waals surface area contributed by atoms with Crippen molar-refractivity contribution in [3.05, 3.63) is 77.1 Å². The van der Waals surface area contributed by atoms with Crippen LogP contribution in [-0.4, -0.2) is 40.0 Å². The molecule has 34 heavy (non-hydrogen) atoms. The lowest BCUT2D eigenvalue weighted by Gasteiger charge is -2.11. The Morgan fingerprint density at radius 2 is 2.00 bits per heavy atom. The van der Waals surface area contributed by atoms with Gasteiger partial charge in [0.1, 0.15) is 0 Å². The summed E-state index contributed by atoms with van der Waals surface area (Å²) in [7, 11) is 0. The minimum Gasteiger partial charge on any atom is -0.462 e. The molecule has 9 heteroatoms. The topological polar surface area (TPSA) is 85.6 Å². The lowest BCUT2D eigenvalue weighted by atomic mass is 10.2. The molecule has 0 atom stereocenters. The van der Waals surface area contributed by atoms with E-state index in [1.54, 1.807) is 36.6 Å². The van der Waals surface area contributed by atoms with Crippen LogP contribution in [0.5, 0.6) is 0 Å². The monoisotopic (exact) mass is 492 g/mol. The molecule has 2 heterocycles. The third-order valence-electron chi connectivity index (χ3n) is 5.08. The molecule has 1 amide bonds. The van der Waals surface area contributed by atoms with Crippen molar-refractivity contribution >= 4 is 51.4 Å². The molecule has 0 aliphatic rings. The predicted octanol–water partition coefficient (Wildman–Crippen LogP) is 5.12. The normalized spacial score (nSPS) is 11.3. The zero-order chi connectivity index (χ0) is 24.1. The van der Waals surface area contributed by atoms with Gasteiger partial charge in [-0.05, 0) is 57.2 Å². The molecule has 0 bridgehead atoms. The highest BCUT2D eigenvalue weighted by Gasteiger charge is 2.13. The number of thiazole rings is 1. The number of aromatic nitrogens is 2. The molecule has 0 aliphatic carbocycles. The number of aryl methyl sites for hydroxylation is 1. The minimum atomic E-state index is -0.347. The smallest absolute Gasteiger partial charge is 0.338 e. The van der Waals surface area contributed by atoms with Crippen LogP contribution >= 0.6 is 23.1 Å². The molecule has 0 radical (unpaired) electrons. The van der Waals surface area contributed by atoms with Crippen LogP contribution in [0.1, 0.15) is 34.2 Å². The number of para-hydroxylation sites is 1. The average Bonchev–Trinajstić information content (AvgIpc) is 3.37. The molecule has 0 saturated heterocycles. The number of fused-ring (bicyclic) bond motifs is 1. The van der Waals surface area contributed by atoms with Crippen LogP contribution in [-0.2, 0) is 9.53 Å². The summed E-state index contributed by atoms with van der Waals surface area (Å²) in [5.74, 6) is -0.312. The summed E-state index contributed by atoms with van der Waals surface area (Å²) in [5.41, 5.74) is 7.69. The van der Waals surface area contributed by atoms with Crippen molar-refractivity contribution in [1.82, 2.24) is 15.0 Å². The van der Waals surface area contributed by atoms with Gasteiger partial charge in [0.05, 0.1) is 34.4 Å². The van der Waals surface area contributed by atoms with Crippen molar-refractivity contribution in [2.24, 2.45) is 5.10 Å². The highest BCUT2D eigenvalue weighted by molar-refractivity contribution is 8.01. The summed E-state index contributed by atoms with van der Waals surface area (Å²) in [6.07, 6.45) is 1.63. The molecular weight excluding hydrogens is 468 g/mol. The molecule has 0 fully saturated rings. The molecule has 0 unspecified atom stereocenters. The maximum atomic E-state index is 12.2. The van der Waals surface area contributed by atoms with Crippen LogP contribution in [0, 0.1) is 13.8 Å². The Balaban J connectivity index is 1.40. The fourth-order valence-electron chi connectivity index (χ4n) is 3.55. The molecule has 4 rings (SSSR count). The number of nitrogens with zero attached hydrogens (tertiary/aromatic N) is 3. The Morgan fingerprint density at radius 3 is 2.79 bits per heavy atom. The van der Waals surface area contributed by atoms with Crippen LogP contribution in [0.15, 0.2) is 64.0 Å². The maximum Gasteiger partial charge on any atom is 0.338 e. The van der Waals surface area contributed by atoms with Crippen LogP contribution in [0.4, 0.5) is 0 Å². The number of esters is 1. The number of rotatable bonds is 8. The van der Waals surface area contributed by atoms with E-state index in [9.17, 15) is 9.59 Å². The third-order valence-corrected chi connectivity index (χ3v) is 7.26. The number of hydrogen-bond acceptors (Lipinski definition) is 7. The summed E-state index contributed by atoms with van der Waals surface area (Å²) in [5, 5.41) is 4.13. The number of benzene rings is 2. The zero-order valence-corrected chi connectivity index (χ0v) is 20.7. The summed E-state index contributed by atoms with van der Waals surface area (Å²) in [6.45, 7) is 6.06. The van der Waals surface area contributed by atoms with E-state index < -0.39 is 0 Å². The van der Waals surface area contributed by atoms with Gasteiger partial charge in [-0.25, -0.2) is 15.2 Å². The number of carbonyl (C=O) groups is 2. The summed E-state index contributed by atoms with van der Waals surface area (Å²) >= 11 is 2.97. The standard InChI is InChI=1S/C25H24N4O3S2/c1-4-32-24(31)18-8-7-9-20(13-18)29-16(2)12-19(17(29)3)14-26-28-23(30)15-33-25-27-21-10-5-6-11-22(21)34-25/h5-14H,4,15H2,1-3H3,(H,28,30)/b26-14+. The van der Waals surface area contributed by atoms with Crippen molar-refractivity contribution in [3.63, 3.8) is 0 Å².